The number of carboxylic acid groups (broad SMARTS) is 1. The maximum atomic E-state index is 12.4. The fourth-order valence-corrected chi connectivity index (χ4v) is 3.18. The van der Waals surface area contributed by atoms with Crippen molar-refractivity contribution >= 4 is 12.0 Å². The molecule has 0 aliphatic carbocycles. The number of nitrogens with zero attached hydrogens (tertiary/aromatic N) is 1. The van der Waals surface area contributed by atoms with Crippen molar-refractivity contribution in [3.05, 3.63) is 0 Å². The van der Waals surface area contributed by atoms with E-state index in [1.54, 1.807) is 0 Å². The fourth-order valence-electron chi connectivity index (χ4n) is 3.18. The average molecular weight is 284 g/mol. The number of likely N-dealkylation sites (tertiary alicyclic amines) is 1. The number of urea groups is 1. The smallest absolute Gasteiger partial charge is 0.327 e. The zero-order valence-corrected chi connectivity index (χ0v) is 12.2. The lowest BCUT2D eigenvalue weighted by Crippen LogP contribution is -2.60. The highest BCUT2D eigenvalue weighted by Gasteiger charge is 2.44. The molecule has 2 N–H and O–H groups in total. The van der Waals surface area contributed by atoms with Gasteiger partial charge in [-0.25, -0.2) is 9.59 Å². The molecule has 0 bridgehead atoms. The highest BCUT2D eigenvalue weighted by atomic mass is 16.5. The number of carboxylic acids is 1. The first kappa shape index (κ1) is 15.1. The topological polar surface area (TPSA) is 78.9 Å². The fraction of sp³-hybridized carbons (Fsp3) is 0.857. The number of hydrogen-bond acceptors (Lipinski definition) is 3. The predicted octanol–water partition coefficient (Wildman–Crippen LogP) is 1.45. The molecule has 2 amide bonds. The van der Waals surface area contributed by atoms with Gasteiger partial charge in [-0.1, -0.05) is 13.8 Å². The number of carbonyl (C=O) groups excluding carboxylic acids is 1. The molecule has 6 nitrogen and oxygen atoms in total. The van der Waals surface area contributed by atoms with Crippen LogP contribution in [0.5, 0.6) is 0 Å². The third kappa shape index (κ3) is 3.23. The maximum absolute atomic E-state index is 12.4. The summed E-state index contributed by atoms with van der Waals surface area (Å²) in [6.45, 7) is 5.65. The maximum Gasteiger partial charge on any atom is 0.327 e. The van der Waals surface area contributed by atoms with Crippen molar-refractivity contribution in [3.63, 3.8) is 0 Å². The number of ether oxygens (including phenoxy) is 1. The molecule has 1 atom stereocenters. The van der Waals surface area contributed by atoms with E-state index >= 15 is 0 Å². The third-order valence-electron chi connectivity index (χ3n) is 4.32. The van der Waals surface area contributed by atoms with Crippen molar-refractivity contribution in [2.24, 2.45) is 5.41 Å². The number of carbonyl (C=O) groups is 2. The number of rotatable bonds is 2. The number of amides is 2. The first-order valence-corrected chi connectivity index (χ1v) is 7.29. The van der Waals surface area contributed by atoms with Gasteiger partial charge in [-0.2, -0.15) is 0 Å². The normalized spacial score (nSPS) is 27.1. The second-order valence-electron chi connectivity index (χ2n) is 6.36. The lowest BCUT2D eigenvalue weighted by molar-refractivity contribution is -0.148. The molecule has 2 aliphatic rings. The van der Waals surface area contributed by atoms with Crippen LogP contribution in [0.4, 0.5) is 4.79 Å². The minimum Gasteiger partial charge on any atom is -0.480 e. The highest BCUT2D eigenvalue weighted by molar-refractivity contribution is 5.83. The Morgan fingerprint density at radius 1 is 1.30 bits per heavy atom. The van der Waals surface area contributed by atoms with Gasteiger partial charge in [0, 0.05) is 25.8 Å². The van der Waals surface area contributed by atoms with Crippen LogP contribution in [0.3, 0.4) is 0 Å². The van der Waals surface area contributed by atoms with Crippen molar-refractivity contribution in [1.82, 2.24) is 10.2 Å². The lowest BCUT2D eigenvalue weighted by Gasteiger charge is -2.44. The first-order chi connectivity index (χ1) is 9.42. The van der Waals surface area contributed by atoms with E-state index in [1.807, 2.05) is 13.8 Å². The van der Waals surface area contributed by atoms with Gasteiger partial charge in [0.05, 0.1) is 0 Å². The van der Waals surface area contributed by atoms with E-state index in [4.69, 9.17) is 4.74 Å². The third-order valence-corrected chi connectivity index (χ3v) is 4.32. The number of aliphatic carboxylic acids is 1. The van der Waals surface area contributed by atoms with Gasteiger partial charge in [-0.15, -0.1) is 0 Å². The minimum absolute atomic E-state index is 0.0933. The lowest BCUT2D eigenvalue weighted by atomic mass is 9.76. The molecule has 2 saturated heterocycles. The summed E-state index contributed by atoms with van der Waals surface area (Å²) in [4.78, 5) is 25.4. The molecule has 2 rings (SSSR count). The quantitative estimate of drug-likeness (QED) is 0.804. The van der Waals surface area contributed by atoms with Crippen LogP contribution in [0, 0.1) is 5.41 Å². The zero-order valence-electron chi connectivity index (χ0n) is 12.2. The van der Waals surface area contributed by atoms with E-state index in [2.05, 4.69) is 5.32 Å². The summed E-state index contributed by atoms with van der Waals surface area (Å²) in [6, 6.07) is -0.913. The largest absolute Gasteiger partial charge is 0.480 e. The Morgan fingerprint density at radius 2 is 1.95 bits per heavy atom. The number of nitrogens with one attached hydrogen (secondary N) is 1. The van der Waals surface area contributed by atoms with Crippen molar-refractivity contribution in [2.45, 2.75) is 51.6 Å². The molecule has 0 aromatic heterocycles. The molecule has 2 heterocycles. The number of hydrogen-bond donors (Lipinski definition) is 2. The van der Waals surface area contributed by atoms with Gasteiger partial charge in [0.25, 0.3) is 0 Å². The summed E-state index contributed by atoms with van der Waals surface area (Å²) in [7, 11) is 0. The summed E-state index contributed by atoms with van der Waals surface area (Å²) in [6.07, 6.45) is 3.25. The SMILES string of the molecule is CC1(C)CCCN(C(=O)NC2CCOCC2)C1C(=O)O. The van der Waals surface area contributed by atoms with Gasteiger partial charge in [0.15, 0.2) is 0 Å². The molecule has 0 aromatic rings. The Hall–Kier alpha value is -1.30. The summed E-state index contributed by atoms with van der Waals surface area (Å²) < 4.78 is 5.26. The summed E-state index contributed by atoms with van der Waals surface area (Å²) in [5.41, 5.74) is -0.392. The van der Waals surface area contributed by atoms with E-state index in [9.17, 15) is 14.7 Å². The Kier molecular flexibility index (Phi) is 4.52. The molecular weight excluding hydrogens is 260 g/mol. The monoisotopic (exact) mass is 284 g/mol. The molecule has 0 saturated carbocycles. The Morgan fingerprint density at radius 3 is 2.55 bits per heavy atom. The van der Waals surface area contributed by atoms with E-state index in [1.165, 1.54) is 4.90 Å². The van der Waals surface area contributed by atoms with E-state index in [0.29, 0.717) is 19.8 Å². The van der Waals surface area contributed by atoms with Gasteiger partial charge in [0.2, 0.25) is 0 Å². The molecule has 2 aliphatic heterocycles. The average Bonchev–Trinajstić information content (AvgIpc) is 2.37. The van der Waals surface area contributed by atoms with Gasteiger partial charge in [-0.3, -0.25) is 0 Å². The molecule has 1 unspecified atom stereocenters. The van der Waals surface area contributed by atoms with Crippen LogP contribution in [-0.2, 0) is 9.53 Å². The van der Waals surface area contributed by atoms with Crippen LogP contribution >= 0.6 is 0 Å². The minimum atomic E-state index is -0.920. The van der Waals surface area contributed by atoms with Crippen molar-refractivity contribution in [3.8, 4) is 0 Å². The molecule has 2 fully saturated rings. The predicted molar refractivity (Wildman–Crippen MR) is 73.5 cm³/mol. The Balaban J connectivity index is 2.04. The van der Waals surface area contributed by atoms with Crippen LogP contribution in [0.2, 0.25) is 0 Å². The molecule has 6 heteroatoms. The van der Waals surface area contributed by atoms with Gasteiger partial charge < -0.3 is 20.1 Å². The summed E-state index contributed by atoms with van der Waals surface area (Å²) >= 11 is 0. The van der Waals surface area contributed by atoms with E-state index in [-0.39, 0.29) is 12.1 Å². The van der Waals surface area contributed by atoms with Crippen LogP contribution in [0.1, 0.15) is 39.5 Å². The van der Waals surface area contributed by atoms with Crippen LogP contribution in [0.15, 0.2) is 0 Å². The summed E-state index contributed by atoms with van der Waals surface area (Å²) in [5, 5.41) is 12.4. The molecular formula is C14H24N2O4. The van der Waals surface area contributed by atoms with Gasteiger partial charge in [0.1, 0.15) is 6.04 Å². The first-order valence-electron chi connectivity index (χ1n) is 7.29. The van der Waals surface area contributed by atoms with E-state index < -0.39 is 17.4 Å². The van der Waals surface area contributed by atoms with Crippen molar-refractivity contribution < 1.29 is 19.4 Å². The molecule has 114 valence electrons. The zero-order chi connectivity index (χ0) is 14.8. The van der Waals surface area contributed by atoms with Crippen LogP contribution < -0.4 is 5.32 Å². The molecule has 20 heavy (non-hydrogen) atoms. The standard InChI is InChI=1S/C14H24N2O4/c1-14(2)6-3-7-16(11(14)12(17)18)13(19)15-10-4-8-20-9-5-10/h10-11H,3-9H2,1-2H3,(H,15,19)(H,17,18). The molecule has 0 spiro atoms. The van der Waals surface area contributed by atoms with Crippen LogP contribution in [0.25, 0.3) is 0 Å². The summed E-state index contributed by atoms with van der Waals surface area (Å²) in [5.74, 6) is -0.920. The highest BCUT2D eigenvalue weighted by Crippen LogP contribution is 2.35. The van der Waals surface area contributed by atoms with Crippen molar-refractivity contribution in [1.29, 1.82) is 0 Å². The molecule has 0 aromatic carbocycles. The number of piperidine rings is 1. The molecule has 0 radical (unpaired) electrons. The Labute approximate surface area is 119 Å². The van der Waals surface area contributed by atoms with Crippen LogP contribution in [-0.4, -0.2) is 53.8 Å². The van der Waals surface area contributed by atoms with Gasteiger partial charge >= 0.3 is 12.0 Å². The second-order valence-corrected chi connectivity index (χ2v) is 6.36. The van der Waals surface area contributed by atoms with Gasteiger partial charge in [-0.05, 0) is 31.1 Å². The van der Waals surface area contributed by atoms with Crippen molar-refractivity contribution in [2.75, 3.05) is 19.8 Å². The second kappa shape index (κ2) is 5.99. The van der Waals surface area contributed by atoms with E-state index in [0.717, 1.165) is 25.7 Å². The Bertz CT molecular complexity index is 377.